The molecule has 8 aliphatic rings. The van der Waals surface area contributed by atoms with Gasteiger partial charge in [0.15, 0.2) is 16.9 Å². The van der Waals surface area contributed by atoms with Gasteiger partial charge in [-0.25, -0.2) is 0 Å². The van der Waals surface area contributed by atoms with Crippen molar-refractivity contribution in [2.75, 3.05) is 26.4 Å². The number of rotatable bonds is 5. The summed E-state index contributed by atoms with van der Waals surface area (Å²) in [5.74, 6) is -4.90. The molecule has 2 aromatic rings. The molecule has 2 saturated heterocycles. The number of aliphatic hydroxyl groups is 6. The fraction of sp³-hybridized carbons (Fsp3) is 0.717. The first-order valence-electron chi connectivity index (χ1n) is 22.6. The second-order valence-corrected chi connectivity index (χ2v) is 21.6. The molecule has 3 spiro atoms. The van der Waals surface area contributed by atoms with Crippen LogP contribution in [0.1, 0.15) is 96.5 Å². The van der Waals surface area contributed by atoms with Crippen LogP contribution in [0.3, 0.4) is 0 Å². The van der Waals surface area contributed by atoms with Crippen molar-refractivity contribution in [2.24, 2.45) is 23.7 Å². The number of carbonyl (C=O) groups excluding carboxylic acids is 1. The summed E-state index contributed by atoms with van der Waals surface area (Å²) < 4.78 is 32.6. The zero-order valence-corrected chi connectivity index (χ0v) is 36.8. The van der Waals surface area contributed by atoms with Crippen molar-refractivity contribution in [1.29, 1.82) is 0 Å². The molecule has 7 N–H and O–H groups in total. The van der Waals surface area contributed by atoms with Crippen LogP contribution in [-0.4, -0.2) is 120 Å². The molecule has 5 aliphatic heterocycles. The summed E-state index contributed by atoms with van der Waals surface area (Å²) in [5, 5.41) is 79.5. The molecule has 2 saturated carbocycles. The number of ether oxygens (including phenoxy) is 4. The van der Waals surface area contributed by atoms with Crippen molar-refractivity contribution in [1.82, 2.24) is 5.32 Å². The van der Waals surface area contributed by atoms with E-state index in [2.05, 4.69) is 12.2 Å². The second kappa shape index (κ2) is 16.9. The van der Waals surface area contributed by atoms with Gasteiger partial charge >= 0.3 is 5.97 Å². The highest BCUT2D eigenvalue weighted by atomic mass is 33.1. The van der Waals surface area contributed by atoms with Crippen LogP contribution in [0.25, 0.3) is 11.0 Å². The maximum Gasteiger partial charge on any atom is 0.306 e. The molecule has 1 aromatic heterocycles. The molecule has 6 bridgehead atoms. The molecule has 61 heavy (non-hydrogen) atoms. The Hall–Kier alpha value is -2.31. The predicted octanol–water partition coefficient (Wildman–Crippen LogP) is 5.11. The Balaban J connectivity index is 1.31. The van der Waals surface area contributed by atoms with E-state index in [1.165, 1.54) is 0 Å². The molecule has 6 heterocycles. The highest BCUT2D eigenvalue weighted by Gasteiger charge is 2.84. The Morgan fingerprint density at radius 2 is 1.84 bits per heavy atom. The number of benzene rings is 1. The molecule has 3 aliphatic carbocycles. The number of allylic oxidation sites excluding steroid dienone is 1. The lowest BCUT2D eigenvalue weighted by molar-refractivity contribution is -0.457. The van der Waals surface area contributed by atoms with Gasteiger partial charge in [0.05, 0.1) is 30.3 Å². The standard InChI is InChI=1S/C46H63NO12S2/c1-3-55-36(51)15-12-28-24-29-17-22-56-38(29)40-39(28)58-44-20-16-35-46(59-44,43(53)25-30-11-13-32(49)31(26-48)37(30)45(44,54)41(43)52)34(50)9-7-8-27(2)10-14-33(47-21-23-57-40)42(61-60-35)18-5-4-6-19-42/h11,13,16-17,20,22,24,27,30-35,37,41,47-50,52-54H,3-10,12,14-15,18-19,21,23,25-26H2,1-2H3/t27-,30+,31-,32-,33+,34+,35-,37+,41+,43+,44-,45-,46+/m1/s1. The van der Waals surface area contributed by atoms with E-state index < -0.39 is 76.5 Å². The molecule has 13 atom stereocenters. The minimum absolute atomic E-state index is 0.0139. The SMILES string of the molecule is CCOC(=O)CCc1cc2ccoc2c2c1O[C@]13C=C[C@H]4SSC5(CCCCC5)[C@H](CC[C@H](C)CCC[C@H](O)[C@@]4(O1)[C@]1(O)C[C@@H]4C=C[C@@H](O)[C@@H](CO)[C@H]4[C@@]3(O)[C@H]1O)NCCO2. The Labute approximate surface area is 365 Å². The van der Waals surface area contributed by atoms with E-state index in [-0.39, 0.29) is 61.2 Å². The van der Waals surface area contributed by atoms with Gasteiger partial charge in [0, 0.05) is 47.6 Å². The van der Waals surface area contributed by atoms with Crippen LogP contribution in [-0.2, 0) is 20.7 Å². The minimum atomic E-state index is -2.54. The lowest BCUT2D eigenvalue weighted by Crippen LogP contribution is -2.91. The lowest BCUT2D eigenvalue weighted by Gasteiger charge is -2.72. The molecular weight excluding hydrogens is 823 g/mol. The number of nitrogens with one attached hydrogen (secondary N) is 1. The molecule has 15 heteroatoms. The molecule has 4 fully saturated rings. The van der Waals surface area contributed by atoms with Crippen LogP contribution in [0.2, 0.25) is 0 Å². The first kappa shape index (κ1) is 43.9. The van der Waals surface area contributed by atoms with Gasteiger partial charge in [0.2, 0.25) is 5.75 Å². The third kappa shape index (κ3) is 6.93. The number of esters is 1. The van der Waals surface area contributed by atoms with Crippen molar-refractivity contribution in [3.8, 4) is 11.5 Å². The van der Waals surface area contributed by atoms with E-state index in [0.717, 1.165) is 51.4 Å². The van der Waals surface area contributed by atoms with Gasteiger partial charge in [0.25, 0.3) is 5.79 Å². The van der Waals surface area contributed by atoms with Crippen LogP contribution in [0, 0.1) is 23.7 Å². The van der Waals surface area contributed by atoms with Crippen LogP contribution < -0.4 is 14.8 Å². The molecule has 10 rings (SSSR count). The Bertz CT molecular complexity index is 1990. The van der Waals surface area contributed by atoms with Crippen molar-refractivity contribution in [3.63, 3.8) is 0 Å². The maximum absolute atomic E-state index is 13.7. The fourth-order valence-electron chi connectivity index (χ4n) is 12.3. The number of hydrogen-bond donors (Lipinski definition) is 7. The average Bonchev–Trinajstić information content (AvgIpc) is 3.72. The summed E-state index contributed by atoms with van der Waals surface area (Å²) in [7, 11) is 3.34. The first-order chi connectivity index (χ1) is 29.4. The number of aliphatic hydroxyl groups excluding tert-OH is 4. The number of fused-ring (bicyclic) bond motifs is 8. The number of hydrogen-bond acceptors (Lipinski definition) is 15. The van der Waals surface area contributed by atoms with Crippen molar-refractivity contribution < 1.29 is 58.8 Å². The van der Waals surface area contributed by atoms with Crippen LogP contribution >= 0.6 is 21.6 Å². The minimum Gasteiger partial charge on any atom is -0.485 e. The average molecular weight is 886 g/mol. The van der Waals surface area contributed by atoms with E-state index in [9.17, 15) is 35.4 Å². The summed E-state index contributed by atoms with van der Waals surface area (Å²) >= 11 is 0. The zero-order valence-electron chi connectivity index (χ0n) is 35.2. The molecule has 1 aromatic carbocycles. The topological polar surface area (TPSA) is 201 Å². The van der Waals surface area contributed by atoms with Gasteiger partial charge in [-0.05, 0) is 87.5 Å². The van der Waals surface area contributed by atoms with Gasteiger partial charge in [-0.15, -0.1) is 0 Å². The maximum atomic E-state index is 13.7. The largest absolute Gasteiger partial charge is 0.485 e. The Kier molecular flexibility index (Phi) is 12.2. The zero-order chi connectivity index (χ0) is 42.8. The van der Waals surface area contributed by atoms with Crippen LogP contribution in [0.15, 0.2) is 47.1 Å². The third-order valence-electron chi connectivity index (χ3n) is 15.4. The molecular formula is C46H63NO12S2. The molecule has 0 radical (unpaired) electrons. The van der Waals surface area contributed by atoms with E-state index in [1.54, 1.807) is 59.1 Å². The second-order valence-electron chi connectivity index (χ2n) is 18.8. The molecule has 0 amide bonds. The third-order valence-corrected chi connectivity index (χ3v) is 19.2. The molecule has 13 nitrogen and oxygen atoms in total. The van der Waals surface area contributed by atoms with Gasteiger partial charge in [-0.3, -0.25) is 4.79 Å². The van der Waals surface area contributed by atoms with Gasteiger partial charge in [0.1, 0.15) is 23.9 Å². The van der Waals surface area contributed by atoms with Crippen molar-refractivity contribution in [2.45, 2.75) is 154 Å². The van der Waals surface area contributed by atoms with Gasteiger partial charge in [-0.1, -0.05) is 78.8 Å². The smallest absolute Gasteiger partial charge is 0.306 e. The summed E-state index contributed by atoms with van der Waals surface area (Å²) in [5.41, 5.74) is -5.86. The number of furan rings is 1. The van der Waals surface area contributed by atoms with Crippen LogP contribution in [0.5, 0.6) is 11.5 Å². The highest BCUT2D eigenvalue weighted by Crippen LogP contribution is 2.68. The summed E-state index contributed by atoms with van der Waals surface area (Å²) in [4.78, 5) is 12.9. The molecule has 336 valence electrons. The molecule has 0 unspecified atom stereocenters. The van der Waals surface area contributed by atoms with E-state index >= 15 is 0 Å². The van der Waals surface area contributed by atoms with E-state index in [1.807, 2.05) is 12.1 Å². The fourth-order valence-corrected chi connectivity index (χ4v) is 16.5. The number of aryl methyl sites for hydroxylation is 1. The van der Waals surface area contributed by atoms with Crippen molar-refractivity contribution >= 4 is 38.5 Å². The van der Waals surface area contributed by atoms with Gasteiger partial charge in [-0.2, -0.15) is 0 Å². The predicted molar refractivity (Wildman–Crippen MR) is 231 cm³/mol. The van der Waals surface area contributed by atoms with E-state index in [0.29, 0.717) is 35.4 Å². The number of carbonyl (C=O) groups is 1. The Morgan fingerprint density at radius 1 is 1.02 bits per heavy atom. The van der Waals surface area contributed by atoms with Crippen LogP contribution in [0.4, 0.5) is 0 Å². The highest BCUT2D eigenvalue weighted by molar-refractivity contribution is 8.77. The van der Waals surface area contributed by atoms with E-state index in [4.69, 9.17) is 23.4 Å². The monoisotopic (exact) mass is 885 g/mol. The summed E-state index contributed by atoms with van der Waals surface area (Å²) in [6, 6.07) is 3.74. The quantitative estimate of drug-likeness (QED) is 0.119. The summed E-state index contributed by atoms with van der Waals surface area (Å²) in [6.45, 7) is 4.37. The Morgan fingerprint density at radius 3 is 2.62 bits per heavy atom. The first-order valence-corrected chi connectivity index (χ1v) is 24.8. The normalized spacial score (nSPS) is 42.0. The lowest BCUT2D eigenvalue weighted by atomic mass is 9.46. The van der Waals surface area contributed by atoms with Gasteiger partial charge < -0.3 is 59.3 Å². The summed E-state index contributed by atoms with van der Waals surface area (Å²) in [6.07, 6.45) is 12.7. The van der Waals surface area contributed by atoms with Crippen molar-refractivity contribution in [3.05, 3.63) is 48.3 Å².